The summed E-state index contributed by atoms with van der Waals surface area (Å²) in [6.45, 7) is 6.69. The van der Waals surface area contributed by atoms with Gasteiger partial charge in [-0.3, -0.25) is 14.2 Å². The van der Waals surface area contributed by atoms with Crippen LogP contribution < -0.4 is 20.3 Å². The van der Waals surface area contributed by atoms with E-state index in [2.05, 4.69) is 29.6 Å². The maximum Gasteiger partial charge on any atom is 0.266 e. The highest BCUT2D eigenvalue weighted by molar-refractivity contribution is 7.98. The average Bonchev–Trinajstić information content (AvgIpc) is 2.90. The van der Waals surface area contributed by atoms with Crippen molar-refractivity contribution in [2.24, 2.45) is 5.92 Å². The molecule has 0 unspecified atom stereocenters. The predicted octanol–water partition coefficient (Wildman–Crippen LogP) is 5.39. The minimum Gasteiger partial charge on any atom is -0.497 e. The van der Waals surface area contributed by atoms with Crippen molar-refractivity contribution in [3.05, 3.63) is 87.7 Å². The molecule has 1 amide bonds. The molecule has 8 heteroatoms. The Morgan fingerprint density at radius 1 is 1.00 bits per heavy atom. The van der Waals surface area contributed by atoms with E-state index in [1.165, 1.54) is 17.3 Å². The summed E-state index contributed by atoms with van der Waals surface area (Å²) >= 11 is 1.45. The Balaban J connectivity index is 1.84. The number of aryl methyl sites for hydroxylation is 1. The van der Waals surface area contributed by atoms with Gasteiger partial charge in [0, 0.05) is 36.1 Å². The fraction of sp³-hybridized carbons (Fsp3) is 0.276. The van der Waals surface area contributed by atoms with Crippen LogP contribution in [-0.2, 0) is 5.75 Å². The number of carbonyl (C=O) groups is 1. The van der Waals surface area contributed by atoms with E-state index in [0.717, 1.165) is 5.56 Å². The summed E-state index contributed by atoms with van der Waals surface area (Å²) in [4.78, 5) is 31.4. The molecular weight excluding hydrogens is 486 g/mol. The molecule has 4 rings (SSSR count). The molecule has 0 radical (unpaired) electrons. The van der Waals surface area contributed by atoms with Crippen LogP contribution in [0.4, 0.5) is 0 Å². The maximum atomic E-state index is 13.8. The zero-order valence-electron chi connectivity index (χ0n) is 21.7. The van der Waals surface area contributed by atoms with Crippen LogP contribution in [0.2, 0.25) is 0 Å². The molecule has 0 saturated heterocycles. The number of hydrogen-bond acceptors (Lipinski definition) is 6. The summed E-state index contributed by atoms with van der Waals surface area (Å²) in [6, 6.07) is 18.6. The van der Waals surface area contributed by atoms with Crippen molar-refractivity contribution >= 4 is 28.6 Å². The topological polar surface area (TPSA) is 82.4 Å². The first kappa shape index (κ1) is 26.3. The molecule has 3 aromatic carbocycles. The normalized spacial score (nSPS) is 11.1. The van der Waals surface area contributed by atoms with Crippen molar-refractivity contribution in [1.29, 1.82) is 0 Å². The fourth-order valence-corrected chi connectivity index (χ4v) is 4.75. The second-order valence-corrected chi connectivity index (χ2v) is 10.2. The summed E-state index contributed by atoms with van der Waals surface area (Å²) in [7, 11) is 3.14. The van der Waals surface area contributed by atoms with Crippen LogP contribution in [0, 0.1) is 12.8 Å². The minimum absolute atomic E-state index is 0.187. The molecule has 0 aliphatic carbocycles. The lowest BCUT2D eigenvalue weighted by molar-refractivity contribution is 0.0949. The summed E-state index contributed by atoms with van der Waals surface area (Å²) in [5.74, 6) is 1.89. The van der Waals surface area contributed by atoms with Gasteiger partial charge in [-0.1, -0.05) is 55.4 Å². The second kappa shape index (κ2) is 11.5. The summed E-state index contributed by atoms with van der Waals surface area (Å²) in [6.07, 6.45) is 0. The van der Waals surface area contributed by atoms with Crippen molar-refractivity contribution < 1.29 is 14.3 Å². The van der Waals surface area contributed by atoms with Crippen LogP contribution in [0.1, 0.15) is 35.3 Å². The van der Waals surface area contributed by atoms with Crippen molar-refractivity contribution in [1.82, 2.24) is 14.9 Å². The lowest BCUT2D eigenvalue weighted by Crippen LogP contribution is -2.27. The lowest BCUT2D eigenvalue weighted by Gasteiger charge is -2.16. The first-order valence-corrected chi connectivity index (χ1v) is 13.0. The van der Waals surface area contributed by atoms with Gasteiger partial charge in [0.15, 0.2) is 5.16 Å². The van der Waals surface area contributed by atoms with E-state index < -0.39 is 0 Å². The zero-order chi connectivity index (χ0) is 26.5. The number of fused-ring (bicyclic) bond motifs is 1. The number of thioether (sulfide) groups is 1. The number of benzene rings is 3. The number of aromatic nitrogens is 2. The van der Waals surface area contributed by atoms with Crippen LogP contribution in [0.15, 0.2) is 70.6 Å². The number of carbonyl (C=O) groups excluding carboxylic acids is 1. The smallest absolute Gasteiger partial charge is 0.266 e. The number of amides is 1. The molecule has 0 atom stereocenters. The summed E-state index contributed by atoms with van der Waals surface area (Å²) in [5.41, 5.74) is 3.58. The molecular formula is C29H31N3O4S. The van der Waals surface area contributed by atoms with Crippen molar-refractivity contribution in [2.45, 2.75) is 31.7 Å². The van der Waals surface area contributed by atoms with Gasteiger partial charge in [0.1, 0.15) is 11.5 Å². The first-order chi connectivity index (χ1) is 17.8. The van der Waals surface area contributed by atoms with Crippen LogP contribution in [0.25, 0.3) is 16.6 Å². The molecule has 192 valence electrons. The van der Waals surface area contributed by atoms with Gasteiger partial charge in [-0.2, -0.15) is 0 Å². The van der Waals surface area contributed by atoms with Crippen molar-refractivity contribution in [2.75, 3.05) is 20.8 Å². The summed E-state index contributed by atoms with van der Waals surface area (Å²) < 4.78 is 12.5. The molecule has 37 heavy (non-hydrogen) atoms. The minimum atomic E-state index is -0.235. The SMILES string of the molecule is COc1cc(OC)cc(-n2c(SCc3ccc(C)cc3)nc3cc(C(=O)NCC(C)C)ccc3c2=O)c1. The average molecular weight is 518 g/mol. The number of rotatable bonds is 9. The van der Waals surface area contributed by atoms with E-state index in [1.54, 1.807) is 55.2 Å². The van der Waals surface area contributed by atoms with E-state index in [1.807, 2.05) is 20.8 Å². The molecule has 1 aromatic heterocycles. The van der Waals surface area contributed by atoms with Gasteiger partial charge in [0.2, 0.25) is 0 Å². The molecule has 0 fully saturated rings. The van der Waals surface area contributed by atoms with E-state index in [4.69, 9.17) is 14.5 Å². The van der Waals surface area contributed by atoms with Gasteiger partial charge < -0.3 is 14.8 Å². The van der Waals surface area contributed by atoms with Crippen LogP contribution in [-0.4, -0.2) is 36.2 Å². The van der Waals surface area contributed by atoms with Crippen LogP contribution in [0.3, 0.4) is 0 Å². The molecule has 0 saturated carbocycles. The number of nitrogens with zero attached hydrogens (tertiary/aromatic N) is 2. The second-order valence-electron chi connectivity index (χ2n) is 9.22. The van der Waals surface area contributed by atoms with Crippen molar-refractivity contribution in [3.63, 3.8) is 0 Å². The van der Waals surface area contributed by atoms with E-state index in [-0.39, 0.29) is 11.5 Å². The number of nitrogens with one attached hydrogen (secondary N) is 1. The van der Waals surface area contributed by atoms with Gasteiger partial charge in [-0.15, -0.1) is 0 Å². The maximum absolute atomic E-state index is 13.8. The Morgan fingerprint density at radius 2 is 1.68 bits per heavy atom. The first-order valence-electron chi connectivity index (χ1n) is 12.1. The zero-order valence-corrected chi connectivity index (χ0v) is 22.5. The number of hydrogen-bond donors (Lipinski definition) is 1. The van der Waals surface area contributed by atoms with Gasteiger partial charge in [0.05, 0.1) is 30.8 Å². The van der Waals surface area contributed by atoms with Crippen LogP contribution in [0.5, 0.6) is 11.5 Å². The predicted molar refractivity (Wildman–Crippen MR) is 148 cm³/mol. The van der Waals surface area contributed by atoms with Crippen LogP contribution >= 0.6 is 11.8 Å². The monoisotopic (exact) mass is 517 g/mol. The number of ether oxygens (including phenoxy) is 2. The molecule has 1 heterocycles. The molecule has 0 spiro atoms. The molecule has 0 aliphatic heterocycles. The Hall–Kier alpha value is -3.78. The fourth-order valence-electron chi connectivity index (χ4n) is 3.78. The van der Waals surface area contributed by atoms with E-state index in [0.29, 0.717) is 57.0 Å². The van der Waals surface area contributed by atoms with Gasteiger partial charge in [-0.25, -0.2) is 4.98 Å². The van der Waals surface area contributed by atoms with Gasteiger partial charge >= 0.3 is 0 Å². The highest BCUT2D eigenvalue weighted by Crippen LogP contribution is 2.29. The standard InChI is InChI=1S/C29H31N3O4S/c1-18(2)16-30-27(33)21-10-11-25-26(12-21)31-29(37-17-20-8-6-19(3)7-9-20)32(28(25)34)22-13-23(35-4)15-24(14-22)36-5/h6-15,18H,16-17H2,1-5H3,(H,30,33). The van der Waals surface area contributed by atoms with Crippen molar-refractivity contribution in [3.8, 4) is 17.2 Å². The van der Waals surface area contributed by atoms with Gasteiger partial charge in [0.25, 0.3) is 11.5 Å². The highest BCUT2D eigenvalue weighted by Gasteiger charge is 2.17. The Labute approximate surface area is 220 Å². The quantitative estimate of drug-likeness (QED) is 0.237. The molecule has 1 N–H and O–H groups in total. The third-order valence-electron chi connectivity index (χ3n) is 5.85. The Morgan fingerprint density at radius 3 is 2.30 bits per heavy atom. The Kier molecular flexibility index (Phi) is 8.18. The van der Waals surface area contributed by atoms with Gasteiger partial charge in [-0.05, 0) is 36.6 Å². The lowest BCUT2D eigenvalue weighted by atomic mass is 10.1. The number of methoxy groups -OCH3 is 2. The largest absolute Gasteiger partial charge is 0.497 e. The third-order valence-corrected chi connectivity index (χ3v) is 6.86. The van der Waals surface area contributed by atoms with E-state index in [9.17, 15) is 9.59 Å². The molecule has 7 nitrogen and oxygen atoms in total. The molecule has 0 aliphatic rings. The molecule has 4 aromatic rings. The molecule has 0 bridgehead atoms. The Bertz CT molecular complexity index is 1460. The summed E-state index contributed by atoms with van der Waals surface area (Å²) in [5, 5.41) is 3.85. The highest BCUT2D eigenvalue weighted by atomic mass is 32.2. The van der Waals surface area contributed by atoms with E-state index >= 15 is 0 Å². The third kappa shape index (κ3) is 6.14.